The predicted octanol–water partition coefficient (Wildman–Crippen LogP) is 5.06. The van der Waals surface area contributed by atoms with Gasteiger partial charge < -0.3 is 5.32 Å². The Morgan fingerprint density at radius 1 is 0.839 bits per heavy atom. The van der Waals surface area contributed by atoms with Gasteiger partial charge in [-0.05, 0) is 59.5 Å². The molecule has 31 heavy (non-hydrogen) atoms. The van der Waals surface area contributed by atoms with Gasteiger partial charge in [0.05, 0.1) is 4.90 Å². The van der Waals surface area contributed by atoms with Crippen LogP contribution in [0.5, 0.6) is 0 Å². The van der Waals surface area contributed by atoms with Crippen LogP contribution < -0.4 is 5.32 Å². The number of nitrogens with zero attached hydrogens (tertiary/aromatic N) is 1. The molecular formula is C25H26N2O3S. The molecule has 1 aliphatic rings. The fourth-order valence-corrected chi connectivity index (χ4v) is 5.40. The average Bonchev–Trinajstić information content (AvgIpc) is 3.08. The Kier molecular flexibility index (Phi) is 6.49. The first kappa shape index (κ1) is 21.3. The lowest BCUT2D eigenvalue weighted by molar-refractivity contribution is -0.111. The van der Waals surface area contributed by atoms with Crippen molar-refractivity contribution in [1.82, 2.24) is 4.31 Å². The van der Waals surface area contributed by atoms with Gasteiger partial charge in [0, 0.05) is 24.9 Å². The third-order valence-electron chi connectivity index (χ3n) is 5.56. The lowest BCUT2D eigenvalue weighted by atomic mass is 10.0. The summed E-state index contributed by atoms with van der Waals surface area (Å²) in [6.07, 6.45) is 7.22. The topological polar surface area (TPSA) is 66.5 Å². The Hall–Kier alpha value is -2.96. The summed E-state index contributed by atoms with van der Waals surface area (Å²) in [6.45, 7) is 1.14. The number of hydrogen-bond donors (Lipinski definition) is 1. The largest absolute Gasteiger partial charge is 0.323 e. The number of sulfonamides is 1. The predicted molar refractivity (Wildman–Crippen MR) is 125 cm³/mol. The monoisotopic (exact) mass is 434 g/mol. The normalized spacial score (nSPS) is 15.7. The number of fused-ring (bicyclic) bond motifs is 1. The Balaban J connectivity index is 1.44. The van der Waals surface area contributed by atoms with E-state index in [1.807, 2.05) is 42.5 Å². The van der Waals surface area contributed by atoms with E-state index in [-0.39, 0.29) is 10.8 Å². The van der Waals surface area contributed by atoms with Gasteiger partial charge in [0.25, 0.3) is 0 Å². The molecular weight excluding hydrogens is 408 g/mol. The maximum atomic E-state index is 12.9. The summed E-state index contributed by atoms with van der Waals surface area (Å²) >= 11 is 0. The molecule has 1 N–H and O–H groups in total. The number of carbonyl (C=O) groups excluding carboxylic acids is 1. The Morgan fingerprint density at radius 2 is 1.52 bits per heavy atom. The van der Waals surface area contributed by atoms with Crippen LogP contribution in [-0.2, 0) is 14.8 Å². The van der Waals surface area contributed by atoms with Crippen molar-refractivity contribution in [1.29, 1.82) is 0 Å². The molecule has 0 bridgehead atoms. The smallest absolute Gasteiger partial charge is 0.248 e. The molecule has 0 radical (unpaired) electrons. The molecule has 0 aromatic heterocycles. The van der Waals surface area contributed by atoms with Gasteiger partial charge in [-0.25, -0.2) is 8.42 Å². The number of rotatable bonds is 5. The summed E-state index contributed by atoms with van der Waals surface area (Å²) in [5, 5.41) is 4.99. The number of hydrogen-bond acceptors (Lipinski definition) is 3. The minimum absolute atomic E-state index is 0.263. The van der Waals surface area contributed by atoms with Crippen molar-refractivity contribution in [2.75, 3.05) is 18.4 Å². The fourth-order valence-electron chi connectivity index (χ4n) is 3.89. The first-order chi connectivity index (χ1) is 15.0. The van der Waals surface area contributed by atoms with Crippen LogP contribution >= 0.6 is 0 Å². The third kappa shape index (κ3) is 5.03. The van der Waals surface area contributed by atoms with Gasteiger partial charge in [-0.1, -0.05) is 55.3 Å². The summed E-state index contributed by atoms with van der Waals surface area (Å²) in [5.41, 5.74) is 1.52. The molecule has 0 saturated carbocycles. The van der Waals surface area contributed by atoms with E-state index in [1.54, 1.807) is 34.6 Å². The van der Waals surface area contributed by atoms with Crippen molar-refractivity contribution in [2.24, 2.45) is 0 Å². The SMILES string of the molecule is O=C(C=Cc1cccc2ccccc12)Nc1ccc(S(=O)(=O)N2CCCCCC2)cc1. The maximum Gasteiger partial charge on any atom is 0.248 e. The zero-order valence-corrected chi connectivity index (χ0v) is 18.1. The molecule has 0 spiro atoms. The van der Waals surface area contributed by atoms with Crippen LogP contribution in [0.25, 0.3) is 16.8 Å². The first-order valence-corrected chi connectivity index (χ1v) is 12.1. The lowest BCUT2D eigenvalue weighted by Crippen LogP contribution is -2.31. The van der Waals surface area contributed by atoms with Crippen LogP contribution in [0.1, 0.15) is 31.2 Å². The molecule has 0 aliphatic carbocycles. The van der Waals surface area contributed by atoms with Gasteiger partial charge in [0.2, 0.25) is 15.9 Å². The van der Waals surface area contributed by atoms with Crippen LogP contribution in [0.3, 0.4) is 0 Å². The average molecular weight is 435 g/mol. The zero-order chi connectivity index (χ0) is 21.7. The number of anilines is 1. The van der Waals surface area contributed by atoms with Crippen LogP contribution in [-0.4, -0.2) is 31.7 Å². The van der Waals surface area contributed by atoms with Crippen molar-refractivity contribution >= 4 is 38.5 Å². The Bertz CT molecular complexity index is 1190. The highest BCUT2D eigenvalue weighted by molar-refractivity contribution is 7.89. The zero-order valence-electron chi connectivity index (χ0n) is 17.3. The van der Waals surface area contributed by atoms with Gasteiger partial charge in [-0.15, -0.1) is 0 Å². The lowest BCUT2D eigenvalue weighted by Gasteiger charge is -2.20. The van der Waals surface area contributed by atoms with E-state index >= 15 is 0 Å². The second-order valence-electron chi connectivity index (χ2n) is 7.73. The summed E-state index contributed by atoms with van der Waals surface area (Å²) in [7, 11) is -3.49. The second-order valence-corrected chi connectivity index (χ2v) is 9.67. The van der Waals surface area contributed by atoms with Crippen molar-refractivity contribution < 1.29 is 13.2 Å². The summed E-state index contributed by atoms with van der Waals surface area (Å²) in [5.74, 6) is -0.268. The number of nitrogens with one attached hydrogen (secondary N) is 1. The molecule has 3 aromatic rings. The Morgan fingerprint density at radius 3 is 2.26 bits per heavy atom. The van der Waals surface area contributed by atoms with Crippen LogP contribution in [0.15, 0.2) is 77.7 Å². The highest BCUT2D eigenvalue weighted by Gasteiger charge is 2.24. The highest BCUT2D eigenvalue weighted by Crippen LogP contribution is 2.22. The third-order valence-corrected chi connectivity index (χ3v) is 7.48. The minimum atomic E-state index is -3.49. The van der Waals surface area contributed by atoms with Gasteiger partial charge >= 0.3 is 0 Å². The number of benzene rings is 3. The molecule has 6 heteroatoms. The highest BCUT2D eigenvalue weighted by atomic mass is 32.2. The molecule has 1 fully saturated rings. The van der Waals surface area contributed by atoms with E-state index in [1.165, 1.54) is 6.08 Å². The van der Waals surface area contributed by atoms with E-state index in [2.05, 4.69) is 5.32 Å². The minimum Gasteiger partial charge on any atom is -0.323 e. The van der Waals surface area contributed by atoms with Crippen LogP contribution in [0.4, 0.5) is 5.69 Å². The van der Waals surface area contributed by atoms with E-state index in [9.17, 15) is 13.2 Å². The van der Waals surface area contributed by atoms with Crippen LogP contribution in [0.2, 0.25) is 0 Å². The summed E-state index contributed by atoms with van der Waals surface area (Å²) < 4.78 is 27.3. The molecule has 5 nitrogen and oxygen atoms in total. The van der Waals surface area contributed by atoms with Gasteiger partial charge in [-0.3, -0.25) is 4.79 Å². The van der Waals surface area contributed by atoms with Gasteiger partial charge in [0.1, 0.15) is 0 Å². The van der Waals surface area contributed by atoms with E-state index in [0.29, 0.717) is 18.8 Å². The van der Waals surface area contributed by atoms with Crippen molar-refractivity contribution in [3.8, 4) is 0 Å². The molecule has 1 heterocycles. The maximum absolute atomic E-state index is 12.9. The van der Waals surface area contributed by atoms with E-state index in [4.69, 9.17) is 0 Å². The molecule has 0 atom stereocenters. The van der Waals surface area contributed by atoms with Crippen molar-refractivity contribution in [3.63, 3.8) is 0 Å². The molecule has 160 valence electrons. The van der Waals surface area contributed by atoms with E-state index in [0.717, 1.165) is 42.0 Å². The molecule has 1 aliphatic heterocycles. The molecule has 0 unspecified atom stereocenters. The number of carbonyl (C=O) groups is 1. The second kappa shape index (κ2) is 9.45. The molecule has 1 amide bonds. The summed E-state index contributed by atoms with van der Waals surface area (Å²) in [6, 6.07) is 20.4. The molecule has 3 aromatic carbocycles. The number of amides is 1. The fraction of sp³-hybridized carbons (Fsp3) is 0.240. The van der Waals surface area contributed by atoms with Crippen molar-refractivity contribution in [2.45, 2.75) is 30.6 Å². The van der Waals surface area contributed by atoms with Crippen LogP contribution in [0, 0.1) is 0 Å². The van der Waals surface area contributed by atoms with E-state index < -0.39 is 10.0 Å². The summed E-state index contributed by atoms with van der Waals surface area (Å²) in [4.78, 5) is 12.6. The molecule has 4 rings (SSSR count). The molecule has 1 saturated heterocycles. The van der Waals surface area contributed by atoms with Gasteiger partial charge in [0.15, 0.2) is 0 Å². The first-order valence-electron chi connectivity index (χ1n) is 10.6. The standard InChI is InChI=1S/C25H26N2O3S/c28-25(17-12-21-10-7-9-20-8-3-4-11-24(20)21)26-22-13-15-23(16-14-22)31(29,30)27-18-5-1-2-6-19-27/h3-4,7-17H,1-2,5-6,18-19H2,(H,26,28). The quantitative estimate of drug-likeness (QED) is 0.571. The van der Waals surface area contributed by atoms with Crippen molar-refractivity contribution in [3.05, 3.63) is 78.4 Å². The Labute approximate surface area is 183 Å². The van der Waals surface area contributed by atoms with Gasteiger partial charge in [-0.2, -0.15) is 4.31 Å².